The molecule has 8 nitrogen and oxygen atoms in total. The summed E-state index contributed by atoms with van der Waals surface area (Å²) in [6, 6.07) is 13.9. The van der Waals surface area contributed by atoms with Crippen LogP contribution in [0, 0.1) is 0 Å². The first-order valence-corrected chi connectivity index (χ1v) is 14.7. The van der Waals surface area contributed by atoms with Crippen molar-refractivity contribution in [2.75, 3.05) is 19.6 Å². The molecular weight excluding hydrogens is 502 g/mol. The van der Waals surface area contributed by atoms with Crippen molar-refractivity contribution in [3.8, 4) is 0 Å². The molecule has 1 unspecified atom stereocenters. The fourth-order valence-electron chi connectivity index (χ4n) is 5.83. The van der Waals surface area contributed by atoms with Gasteiger partial charge in [0.1, 0.15) is 0 Å². The molecule has 0 bridgehead atoms. The maximum absolute atomic E-state index is 13.8. The number of aldehydes is 1. The molecule has 1 aromatic heterocycles. The van der Waals surface area contributed by atoms with E-state index in [0.717, 1.165) is 23.8 Å². The first-order chi connectivity index (χ1) is 18.3. The van der Waals surface area contributed by atoms with Gasteiger partial charge >= 0.3 is 0 Å². The number of nitrogens with zero attached hydrogens (tertiary/aromatic N) is 3. The highest BCUT2D eigenvalue weighted by Gasteiger charge is 2.38. The molecule has 38 heavy (non-hydrogen) atoms. The Balaban J connectivity index is 1.27. The fraction of sp³-hybridized carbons (Fsp3) is 0.414. The number of piperidine rings is 2. The van der Waals surface area contributed by atoms with E-state index in [-0.39, 0.29) is 28.8 Å². The van der Waals surface area contributed by atoms with Crippen LogP contribution in [0.4, 0.5) is 0 Å². The zero-order valence-electron chi connectivity index (χ0n) is 21.3. The van der Waals surface area contributed by atoms with Gasteiger partial charge in [-0.1, -0.05) is 42.8 Å². The van der Waals surface area contributed by atoms with Gasteiger partial charge < -0.3 is 10.0 Å². The number of sulfonamides is 1. The lowest BCUT2D eigenvalue weighted by Crippen LogP contribution is -2.46. The maximum atomic E-state index is 13.8. The van der Waals surface area contributed by atoms with Gasteiger partial charge in [-0.15, -0.1) is 0 Å². The second-order valence-electron chi connectivity index (χ2n) is 10.3. The van der Waals surface area contributed by atoms with Gasteiger partial charge in [0.2, 0.25) is 15.9 Å². The summed E-state index contributed by atoms with van der Waals surface area (Å²) in [5, 5.41) is 12.5. The van der Waals surface area contributed by atoms with E-state index in [4.69, 9.17) is 0 Å². The highest BCUT2D eigenvalue weighted by Crippen LogP contribution is 2.34. The minimum Gasteiger partial charge on any atom is -0.385 e. The van der Waals surface area contributed by atoms with Gasteiger partial charge in [0, 0.05) is 55.6 Å². The molecule has 1 N–H and O–H groups in total. The number of rotatable bonds is 7. The predicted molar refractivity (Wildman–Crippen MR) is 144 cm³/mol. The van der Waals surface area contributed by atoms with Crippen LogP contribution in [0.5, 0.6) is 0 Å². The van der Waals surface area contributed by atoms with Gasteiger partial charge in [-0.2, -0.15) is 4.31 Å². The molecule has 3 aromatic rings. The Labute approximate surface area is 223 Å². The fourth-order valence-corrected chi connectivity index (χ4v) is 7.73. The summed E-state index contributed by atoms with van der Waals surface area (Å²) in [6.07, 6.45) is 7.80. The zero-order chi connectivity index (χ0) is 26.8. The van der Waals surface area contributed by atoms with Crippen LogP contribution in [0.25, 0.3) is 10.8 Å². The highest BCUT2D eigenvalue weighted by molar-refractivity contribution is 7.89. The van der Waals surface area contributed by atoms with Crippen LogP contribution in [0.1, 0.15) is 60.9 Å². The lowest BCUT2D eigenvalue weighted by atomic mass is 9.85. The Morgan fingerprint density at radius 3 is 2.58 bits per heavy atom. The molecular formula is C29H33N3O5S. The summed E-state index contributed by atoms with van der Waals surface area (Å²) in [4.78, 5) is 31.0. The molecule has 2 aromatic carbocycles. The first-order valence-electron chi connectivity index (χ1n) is 13.2. The minimum atomic E-state index is -3.93. The van der Waals surface area contributed by atoms with Crippen molar-refractivity contribution in [2.45, 2.75) is 61.5 Å². The molecule has 1 atom stereocenters. The summed E-state index contributed by atoms with van der Waals surface area (Å²) in [5.41, 5.74) is -0.0495. The number of pyridine rings is 1. The average molecular weight is 536 g/mol. The highest BCUT2D eigenvalue weighted by atomic mass is 32.2. The Bertz CT molecular complexity index is 1420. The summed E-state index contributed by atoms with van der Waals surface area (Å²) >= 11 is 0. The van der Waals surface area contributed by atoms with E-state index in [9.17, 15) is 23.1 Å². The molecule has 0 spiro atoms. The second-order valence-corrected chi connectivity index (χ2v) is 12.1. The molecule has 2 aliphatic heterocycles. The molecule has 2 fully saturated rings. The van der Waals surface area contributed by atoms with E-state index >= 15 is 0 Å². The number of hydrogen-bond donors (Lipinski definition) is 1. The van der Waals surface area contributed by atoms with Crippen LogP contribution in [-0.4, -0.2) is 65.6 Å². The molecule has 200 valence electrons. The van der Waals surface area contributed by atoms with Crippen molar-refractivity contribution in [1.82, 2.24) is 14.2 Å². The van der Waals surface area contributed by atoms with E-state index in [1.165, 1.54) is 10.4 Å². The quantitative estimate of drug-likeness (QED) is 0.460. The van der Waals surface area contributed by atoms with Crippen LogP contribution in [0.3, 0.4) is 0 Å². The number of amides is 1. The number of benzene rings is 2. The van der Waals surface area contributed by atoms with Crippen molar-refractivity contribution in [2.24, 2.45) is 0 Å². The van der Waals surface area contributed by atoms with E-state index < -0.39 is 15.6 Å². The number of aromatic nitrogens is 1. The lowest BCUT2D eigenvalue weighted by molar-refractivity contribution is -0.136. The molecule has 1 amide bonds. The number of hydrogen-bond acceptors (Lipinski definition) is 6. The van der Waals surface area contributed by atoms with Crippen LogP contribution in [-0.2, 0) is 20.4 Å². The van der Waals surface area contributed by atoms with E-state index in [0.29, 0.717) is 57.0 Å². The van der Waals surface area contributed by atoms with Crippen LogP contribution >= 0.6 is 0 Å². The maximum Gasteiger partial charge on any atom is 0.244 e. The summed E-state index contributed by atoms with van der Waals surface area (Å²) in [7, 11) is -3.93. The second kappa shape index (κ2) is 10.9. The molecule has 2 saturated heterocycles. The zero-order valence-corrected chi connectivity index (χ0v) is 22.1. The third-order valence-corrected chi connectivity index (χ3v) is 10.1. The van der Waals surface area contributed by atoms with Crippen molar-refractivity contribution in [3.05, 3.63) is 72.1 Å². The number of likely N-dealkylation sites (tertiary alicyclic amines) is 1. The SMILES string of the molecule is O=Cc1c(S(=O)(=O)N2CCCCC2CCC(=O)N2CCC(O)(c3cccnc3)CC2)ccc2ccccc12. The Kier molecular flexibility index (Phi) is 7.61. The first kappa shape index (κ1) is 26.5. The minimum absolute atomic E-state index is 0.0233. The van der Waals surface area contributed by atoms with Crippen molar-refractivity contribution in [1.29, 1.82) is 0 Å². The van der Waals surface area contributed by atoms with E-state index in [1.54, 1.807) is 41.6 Å². The smallest absolute Gasteiger partial charge is 0.244 e. The molecule has 0 saturated carbocycles. The van der Waals surface area contributed by atoms with Crippen molar-refractivity contribution >= 4 is 33.0 Å². The molecule has 5 rings (SSSR count). The van der Waals surface area contributed by atoms with E-state index in [1.807, 2.05) is 18.2 Å². The standard InChI is InChI=1S/C29H33N3O5S/c33-21-26-25-9-2-1-6-22(25)10-12-27(26)38(36,37)32-17-4-3-8-24(32)11-13-28(34)31-18-14-29(35,15-19-31)23-7-5-16-30-20-23/h1-2,5-7,9-10,12,16,20-21,24,35H,3-4,8,11,13-15,17-19H2. The van der Waals surface area contributed by atoms with Gasteiger partial charge in [0.05, 0.1) is 10.5 Å². The van der Waals surface area contributed by atoms with Gasteiger partial charge in [-0.25, -0.2) is 8.42 Å². The van der Waals surface area contributed by atoms with Crippen LogP contribution in [0.15, 0.2) is 65.8 Å². The van der Waals surface area contributed by atoms with Gasteiger partial charge in [-0.05, 0) is 55.0 Å². The van der Waals surface area contributed by atoms with Crippen molar-refractivity contribution < 1.29 is 23.1 Å². The number of aliphatic hydroxyl groups is 1. The number of carbonyl (C=O) groups excluding carboxylic acids is 2. The molecule has 0 aliphatic carbocycles. The Morgan fingerprint density at radius 2 is 1.84 bits per heavy atom. The summed E-state index contributed by atoms with van der Waals surface area (Å²) in [6.45, 7) is 1.25. The third kappa shape index (κ3) is 5.10. The normalized spacial score (nSPS) is 20.3. The topological polar surface area (TPSA) is 108 Å². The summed E-state index contributed by atoms with van der Waals surface area (Å²) in [5.74, 6) is -0.0274. The molecule has 3 heterocycles. The van der Waals surface area contributed by atoms with Crippen molar-refractivity contribution in [3.63, 3.8) is 0 Å². The lowest BCUT2D eigenvalue weighted by Gasteiger charge is -2.39. The molecule has 0 radical (unpaired) electrons. The van der Waals surface area contributed by atoms with Gasteiger partial charge in [0.25, 0.3) is 0 Å². The number of carbonyl (C=O) groups is 2. The average Bonchev–Trinajstić information content (AvgIpc) is 2.96. The Hall–Kier alpha value is -3.14. The third-order valence-electron chi connectivity index (χ3n) is 8.04. The largest absolute Gasteiger partial charge is 0.385 e. The molecule has 2 aliphatic rings. The Morgan fingerprint density at radius 1 is 1.05 bits per heavy atom. The molecule has 9 heteroatoms. The van der Waals surface area contributed by atoms with Gasteiger partial charge in [-0.3, -0.25) is 14.6 Å². The van der Waals surface area contributed by atoms with Crippen LogP contribution in [0.2, 0.25) is 0 Å². The predicted octanol–water partition coefficient (Wildman–Crippen LogP) is 3.88. The van der Waals surface area contributed by atoms with E-state index in [2.05, 4.69) is 4.98 Å². The van der Waals surface area contributed by atoms with Gasteiger partial charge in [0.15, 0.2) is 6.29 Å². The number of fused-ring (bicyclic) bond motifs is 1. The van der Waals surface area contributed by atoms with Crippen LogP contribution < -0.4 is 0 Å². The summed E-state index contributed by atoms with van der Waals surface area (Å²) < 4.78 is 29.1. The monoisotopic (exact) mass is 535 g/mol.